The molecule has 1 aromatic heterocycles. The highest BCUT2D eigenvalue weighted by Crippen LogP contribution is 2.39. The van der Waals surface area contributed by atoms with Crippen LogP contribution in [0.1, 0.15) is 62.6 Å². The van der Waals surface area contributed by atoms with E-state index in [4.69, 9.17) is 9.47 Å². The molecule has 0 aliphatic heterocycles. The van der Waals surface area contributed by atoms with Crippen molar-refractivity contribution in [2.75, 3.05) is 37.5 Å². The lowest BCUT2D eigenvalue weighted by atomic mass is 9.78. The van der Waals surface area contributed by atoms with Gasteiger partial charge >= 0.3 is 18.1 Å². The van der Waals surface area contributed by atoms with Gasteiger partial charge < -0.3 is 19.7 Å². The van der Waals surface area contributed by atoms with E-state index in [-0.39, 0.29) is 47.7 Å². The van der Waals surface area contributed by atoms with Gasteiger partial charge in [-0.2, -0.15) is 13.2 Å². The predicted octanol–water partition coefficient (Wildman–Crippen LogP) is 7.44. The summed E-state index contributed by atoms with van der Waals surface area (Å²) in [5.74, 6) is -3.29. The molecule has 0 saturated heterocycles. The Hall–Kier alpha value is -5.30. The summed E-state index contributed by atoms with van der Waals surface area (Å²) in [6.45, 7) is 4.77. The van der Waals surface area contributed by atoms with Crippen LogP contribution in [0.15, 0.2) is 72.1 Å². The Balaban J connectivity index is 1.75. The molecule has 0 bridgehead atoms. The van der Waals surface area contributed by atoms with Crippen molar-refractivity contribution in [3.8, 4) is 11.1 Å². The fourth-order valence-corrected chi connectivity index (χ4v) is 7.00. The zero-order valence-electron chi connectivity index (χ0n) is 28.7. The molecule has 268 valence electrons. The molecule has 51 heavy (non-hydrogen) atoms. The first-order valence-corrected chi connectivity index (χ1v) is 16.8. The fourth-order valence-electron chi connectivity index (χ4n) is 5.90. The van der Waals surface area contributed by atoms with Crippen molar-refractivity contribution < 1.29 is 46.6 Å². The zero-order chi connectivity index (χ0) is 37.5. The number of hydrogen-bond donors (Lipinski definition) is 1. The molecule has 0 unspecified atom stereocenters. The maximum Gasteiger partial charge on any atom is 0.416 e. The highest BCUT2D eigenvalue weighted by molar-refractivity contribution is 7.10. The van der Waals surface area contributed by atoms with E-state index >= 15 is 0 Å². The predicted molar refractivity (Wildman–Crippen MR) is 188 cm³/mol. The number of benzene rings is 3. The lowest BCUT2D eigenvalue weighted by Crippen LogP contribution is -2.48. The van der Waals surface area contributed by atoms with Gasteiger partial charge in [0.2, 0.25) is 5.41 Å². The third-order valence-corrected chi connectivity index (χ3v) is 9.32. The van der Waals surface area contributed by atoms with Crippen molar-refractivity contribution in [3.63, 3.8) is 0 Å². The van der Waals surface area contributed by atoms with Crippen LogP contribution < -0.4 is 10.2 Å². The molecule has 1 N–H and O–H groups in total. The van der Waals surface area contributed by atoms with Gasteiger partial charge in [-0.05, 0) is 72.7 Å². The van der Waals surface area contributed by atoms with Crippen molar-refractivity contribution in [1.29, 1.82) is 0 Å². The topological polar surface area (TPSA) is 119 Å². The Labute approximate surface area is 297 Å². The minimum atomic E-state index is -4.72. The lowest BCUT2D eigenvalue weighted by Gasteiger charge is -2.29. The molecular formula is C38H37F3N2O7S. The van der Waals surface area contributed by atoms with E-state index in [1.165, 1.54) is 18.2 Å². The first kappa shape index (κ1) is 38.5. The molecule has 0 spiro atoms. The SMILES string of the molecule is CCOC(=O)C(CC(=O)Cc1ccc(NC(=O)c2cc(C(F)(F)F)ccc2-c2ccccc2)c(C=O)c1N(C)C)(C(=O)OCC)c1sccc1C. The van der Waals surface area contributed by atoms with Gasteiger partial charge in [-0.1, -0.05) is 42.5 Å². The molecule has 0 saturated carbocycles. The molecule has 3 aromatic carbocycles. The Bertz CT molecular complexity index is 1920. The van der Waals surface area contributed by atoms with Gasteiger partial charge in [0.05, 0.1) is 35.7 Å². The first-order valence-electron chi connectivity index (χ1n) is 16.0. The number of aryl methyl sites for hydroxylation is 1. The molecule has 4 aromatic rings. The summed E-state index contributed by atoms with van der Waals surface area (Å²) < 4.78 is 51.7. The smallest absolute Gasteiger partial charge is 0.416 e. The van der Waals surface area contributed by atoms with Gasteiger partial charge in [0.25, 0.3) is 5.91 Å². The summed E-state index contributed by atoms with van der Waals surface area (Å²) in [7, 11) is 3.22. The second-order valence-corrected chi connectivity index (χ2v) is 12.7. The number of carbonyl (C=O) groups is 5. The maximum absolute atomic E-state index is 13.9. The van der Waals surface area contributed by atoms with Crippen LogP contribution in [0.2, 0.25) is 0 Å². The minimum absolute atomic E-state index is 0.00655. The summed E-state index contributed by atoms with van der Waals surface area (Å²) in [5, 5.41) is 4.29. The average molecular weight is 723 g/mol. The van der Waals surface area contributed by atoms with Gasteiger partial charge in [-0.25, -0.2) is 0 Å². The average Bonchev–Trinajstić information content (AvgIpc) is 3.53. The van der Waals surface area contributed by atoms with Crippen molar-refractivity contribution in [1.82, 2.24) is 0 Å². The number of amides is 1. The summed E-state index contributed by atoms with van der Waals surface area (Å²) >= 11 is 1.12. The summed E-state index contributed by atoms with van der Waals surface area (Å²) in [5.41, 5.74) is -1.47. The Morgan fingerprint density at radius 3 is 2.08 bits per heavy atom. The summed E-state index contributed by atoms with van der Waals surface area (Å²) in [6, 6.07) is 15.9. The monoisotopic (exact) mass is 722 g/mol. The number of hydrogen-bond acceptors (Lipinski definition) is 9. The Kier molecular flexibility index (Phi) is 12.2. The van der Waals surface area contributed by atoms with Gasteiger partial charge in [-0.3, -0.25) is 24.0 Å². The van der Waals surface area contributed by atoms with Crippen molar-refractivity contribution in [2.45, 2.75) is 45.2 Å². The number of Topliss-reactive ketones (excluding diaryl/α,β-unsaturated/α-hetero) is 1. The number of rotatable bonds is 14. The summed E-state index contributed by atoms with van der Waals surface area (Å²) in [4.78, 5) is 69.1. The second kappa shape index (κ2) is 16.2. The number of carbonyl (C=O) groups excluding carboxylic acids is 5. The molecule has 4 rings (SSSR count). The molecule has 0 fully saturated rings. The van der Waals surface area contributed by atoms with Gasteiger partial charge in [0.15, 0.2) is 6.29 Å². The minimum Gasteiger partial charge on any atom is -0.465 e. The van der Waals surface area contributed by atoms with Crippen LogP contribution >= 0.6 is 11.3 Å². The summed E-state index contributed by atoms with van der Waals surface area (Å²) in [6.07, 6.45) is -5.17. The third kappa shape index (κ3) is 8.20. The number of nitrogens with one attached hydrogen (secondary N) is 1. The molecular weight excluding hydrogens is 685 g/mol. The van der Waals surface area contributed by atoms with Crippen LogP contribution in [0, 0.1) is 6.92 Å². The highest BCUT2D eigenvalue weighted by atomic mass is 32.1. The van der Waals surface area contributed by atoms with E-state index in [0.29, 0.717) is 27.9 Å². The maximum atomic E-state index is 13.9. The van der Waals surface area contributed by atoms with Crippen LogP contribution in [-0.2, 0) is 41.9 Å². The number of esters is 2. The van der Waals surface area contributed by atoms with Crippen LogP contribution in [0.5, 0.6) is 0 Å². The molecule has 13 heteroatoms. The highest BCUT2D eigenvalue weighted by Gasteiger charge is 2.53. The molecule has 1 amide bonds. The largest absolute Gasteiger partial charge is 0.465 e. The van der Waals surface area contributed by atoms with Crippen molar-refractivity contribution >= 4 is 52.6 Å². The second-order valence-electron chi connectivity index (χ2n) is 11.8. The molecule has 1 heterocycles. The number of alkyl halides is 3. The number of aldehydes is 1. The van der Waals surface area contributed by atoms with Crippen LogP contribution in [-0.4, -0.2) is 57.2 Å². The molecule has 0 radical (unpaired) electrons. The van der Waals surface area contributed by atoms with E-state index in [1.54, 1.807) is 81.5 Å². The zero-order valence-corrected chi connectivity index (χ0v) is 29.5. The van der Waals surface area contributed by atoms with E-state index in [1.807, 2.05) is 0 Å². The number of anilines is 2. The number of thiophene rings is 1. The van der Waals surface area contributed by atoms with Crippen molar-refractivity contribution in [3.05, 3.63) is 105 Å². The van der Waals surface area contributed by atoms with Crippen LogP contribution in [0.3, 0.4) is 0 Å². The van der Waals surface area contributed by atoms with Crippen LogP contribution in [0.4, 0.5) is 24.5 Å². The number of halogens is 3. The molecule has 0 aliphatic carbocycles. The normalized spacial score (nSPS) is 11.5. The number of ketones is 1. The standard InChI is InChI=1S/C38H37F3N2O7S/c1-6-49-35(47)37(36(48)50-7-2,33-23(3)17-18-51-33)21-27(45)19-25-13-16-31(30(22-44)32(25)43(4)5)42-34(46)29-20-26(38(39,40)41)14-15-28(29)24-11-9-8-10-12-24/h8-18,20,22H,6-7,19,21H2,1-5H3,(H,42,46). The van der Waals surface area contributed by atoms with E-state index in [9.17, 15) is 37.1 Å². The first-order chi connectivity index (χ1) is 24.2. The van der Waals surface area contributed by atoms with Crippen molar-refractivity contribution in [2.24, 2.45) is 0 Å². The van der Waals surface area contributed by atoms with E-state index < -0.39 is 47.2 Å². The van der Waals surface area contributed by atoms with Crippen LogP contribution in [0.25, 0.3) is 11.1 Å². The van der Waals surface area contributed by atoms with Gasteiger partial charge in [0, 0.05) is 37.4 Å². The molecule has 0 aliphatic rings. The lowest BCUT2D eigenvalue weighted by molar-refractivity contribution is -0.166. The quantitative estimate of drug-likeness (QED) is 0.0811. The fraction of sp³-hybridized carbons (Fsp3) is 0.289. The third-order valence-electron chi connectivity index (χ3n) is 8.14. The Morgan fingerprint density at radius 2 is 1.55 bits per heavy atom. The van der Waals surface area contributed by atoms with E-state index in [2.05, 4.69) is 5.32 Å². The van der Waals surface area contributed by atoms with Gasteiger partial charge in [-0.15, -0.1) is 11.3 Å². The number of nitrogens with zero attached hydrogens (tertiary/aromatic N) is 1. The Morgan fingerprint density at radius 1 is 0.902 bits per heavy atom. The number of ether oxygens (including phenoxy) is 2. The van der Waals surface area contributed by atoms with E-state index in [0.717, 1.165) is 23.5 Å². The van der Waals surface area contributed by atoms with Gasteiger partial charge in [0.1, 0.15) is 5.78 Å². The molecule has 9 nitrogen and oxygen atoms in total. The molecule has 0 atom stereocenters.